The number of allylic oxidation sites excluding steroid dienone is 1. The molecule has 0 aromatic heterocycles. The minimum absolute atomic E-state index is 0.218. The van der Waals surface area contributed by atoms with E-state index < -0.39 is 6.04 Å². The fourth-order valence-corrected chi connectivity index (χ4v) is 5.01. The summed E-state index contributed by atoms with van der Waals surface area (Å²) in [5, 5.41) is 5.38. The van der Waals surface area contributed by atoms with Crippen molar-refractivity contribution in [3.63, 3.8) is 0 Å². The fourth-order valence-electron chi connectivity index (χ4n) is 5.01. The van der Waals surface area contributed by atoms with E-state index in [-0.39, 0.29) is 23.5 Å². The second-order valence-electron chi connectivity index (χ2n) is 9.07. The second-order valence-corrected chi connectivity index (χ2v) is 9.07. The Kier molecular flexibility index (Phi) is 7.04. The number of nitrogens with zero attached hydrogens (tertiary/aromatic N) is 2. The van der Waals surface area contributed by atoms with Gasteiger partial charge in [-0.15, -0.1) is 0 Å². The lowest BCUT2D eigenvalue weighted by molar-refractivity contribution is -0.491. The van der Waals surface area contributed by atoms with Gasteiger partial charge in [0.1, 0.15) is 18.4 Å². The zero-order chi connectivity index (χ0) is 22.7. The molecule has 32 heavy (non-hydrogen) atoms. The Bertz CT molecular complexity index is 947. The van der Waals surface area contributed by atoms with Gasteiger partial charge in [0.25, 0.3) is 0 Å². The van der Waals surface area contributed by atoms with Crippen molar-refractivity contribution in [2.75, 3.05) is 31.5 Å². The number of likely N-dealkylation sites (tertiary alicyclic amines) is 1. The van der Waals surface area contributed by atoms with E-state index in [0.717, 1.165) is 57.4 Å². The quantitative estimate of drug-likeness (QED) is 0.480. The molecule has 0 aliphatic carbocycles. The molecular weight excluding hydrogens is 407 g/mol. The highest BCUT2D eigenvalue weighted by atomic mass is 19.1. The summed E-state index contributed by atoms with van der Waals surface area (Å²) in [5.41, 5.74) is 4.19. The third-order valence-electron chi connectivity index (χ3n) is 6.83. The average molecular weight is 442 g/mol. The molecule has 1 aromatic rings. The van der Waals surface area contributed by atoms with E-state index in [9.17, 15) is 14.0 Å². The highest BCUT2D eigenvalue weighted by molar-refractivity contribution is 6.01. The predicted octanol–water partition coefficient (Wildman–Crippen LogP) is 3.39. The van der Waals surface area contributed by atoms with Crippen molar-refractivity contribution in [1.29, 1.82) is 0 Å². The summed E-state index contributed by atoms with van der Waals surface area (Å²) in [4.78, 5) is 25.7. The SMILES string of the molecule is CCC[N+]1=C(CN2CCC(c3ccc(NC4CCC(=O)NC4=O)cc3F)CC2)C=C1CC. The number of halogens is 1. The van der Waals surface area contributed by atoms with Crippen LogP contribution in [-0.2, 0) is 9.59 Å². The number of carbonyl (C=O) groups excluding carboxylic acids is 2. The summed E-state index contributed by atoms with van der Waals surface area (Å²) < 4.78 is 17.4. The van der Waals surface area contributed by atoms with Crippen molar-refractivity contribution in [2.24, 2.45) is 0 Å². The van der Waals surface area contributed by atoms with E-state index in [0.29, 0.717) is 18.5 Å². The molecule has 2 amide bonds. The van der Waals surface area contributed by atoms with Crippen LogP contribution in [-0.4, -0.2) is 59.2 Å². The molecule has 0 spiro atoms. The van der Waals surface area contributed by atoms with Crippen molar-refractivity contribution in [1.82, 2.24) is 10.2 Å². The molecule has 2 N–H and O–H groups in total. The number of nitrogens with one attached hydrogen (secondary N) is 2. The van der Waals surface area contributed by atoms with Crippen LogP contribution in [0.2, 0.25) is 0 Å². The molecule has 0 bridgehead atoms. The molecule has 3 heterocycles. The lowest BCUT2D eigenvalue weighted by Gasteiger charge is -2.32. The number of piperidine rings is 2. The molecule has 6 nitrogen and oxygen atoms in total. The summed E-state index contributed by atoms with van der Waals surface area (Å²) in [5.74, 6) is -0.605. The monoisotopic (exact) mass is 441 g/mol. The molecule has 2 saturated heterocycles. The van der Waals surface area contributed by atoms with Crippen LogP contribution >= 0.6 is 0 Å². The molecular formula is C25H34FN4O2+. The Morgan fingerprint density at radius 2 is 1.97 bits per heavy atom. The largest absolute Gasteiger partial charge is 0.374 e. The third kappa shape index (κ3) is 4.93. The standard InChI is InChI=1S/C25H33FN4O2/c1-3-11-30-19(4-2)15-20(30)16-29-12-9-17(10-13-29)21-6-5-18(14-22(21)26)27-23-7-8-24(31)28-25(23)32/h5-6,14-15,17,23,27H,3-4,7-13,16H2,1-2H3/p+1. The van der Waals surface area contributed by atoms with Gasteiger partial charge < -0.3 is 5.32 Å². The van der Waals surface area contributed by atoms with E-state index in [1.807, 2.05) is 12.1 Å². The minimum atomic E-state index is -0.500. The maximum absolute atomic E-state index is 14.9. The first-order valence-electron chi connectivity index (χ1n) is 11.9. The zero-order valence-corrected chi connectivity index (χ0v) is 19.1. The molecule has 0 saturated carbocycles. The van der Waals surface area contributed by atoms with Gasteiger partial charge in [0, 0.05) is 24.9 Å². The smallest absolute Gasteiger partial charge is 0.249 e. The lowest BCUT2D eigenvalue weighted by atomic mass is 9.88. The number of anilines is 1. The van der Waals surface area contributed by atoms with Crippen LogP contribution < -0.4 is 10.6 Å². The molecule has 1 unspecified atom stereocenters. The van der Waals surface area contributed by atoms with E-state index in [2.05, 4.69) is 40.0 Å². The summed E-state index contributed by atoms with van der Waals surface area (Å²) in [6.07, 6.45) is 7.18. The minimum Gasteiger partial charge on any atom is -0.374 e. The third-order valence-corrected chi connectivity index (χ3v) is 6.83. The first-order chi connectivity index (χ1) is 15.5. The van der Waals surface area contributed by atoms with Gasteiger partial charge in [-0.05, 0) is 56.0 Å². The molecule has 1 aromatic carbocycles. The van der Waals surface area contributed by atoms with Gasteiger partial charge in [-0.3, -0.25) is 19.8 Å². The van der Waals surface area contributed by atoms with Crippen molar-refractivity contribution in [2.45, 2.75) is 64.3 Å². The van der Waals surface area contributed by atoms with Crippen LogP contribution in [0.15, 0.2) is 30.0 Å². The summed E-state index contributed by atoms with van der Waals surface area (Å²) in [6.45, 7) is 8.44. The normalized spacial score (nSPS) is 22.5. The van der Waals surface area contributed by atoms with Gasteiger partial charge in [0.2, 0.25) is 17.5 Å². The summed E-state index contributed by atoms with van der Waals surface area (Å²) in [7, 11) is 0. The Hall–Kier alpha value is -2.54. The average Bonchev–Trinajstić information content (AvgIpc) is 2.77. The van der Waals surface area contributed by atoms with Gasteiger partial charge in [-0.25, -0.2) is 4.39 Å². The van der Waals surface area contributed by atoms with E-state index >= 15 is 0 Å². The molecule has 1 atom stereocenters. The van der Waals surface area contributed by atoms with Gasteiger partial charge in [-0.2, -0.15) is 4.58 Å². The fraction of sp³-hybridized carbons (Fsp3) is 0.560. The molecule has 3 aliphatic heterocycles. The summed E-state index contributed by atoms with van der Waals surface area (Å²) >= 11 is 0. The Balaban J connectivity index is 1.31. The van der Waals surface area contributed by atoms with Crippen LogP contribution in [0, 0.1) is 5.82 Å². The van der Waals surface area contributed by atoms with Crippen LogP contribution in [0.4, 0.5) is 10.1 Å². The molecule has 172 valence electrons. The number of amides is 2. The number of benzene rings is 1. The Labute approximate surface area is 189 Å². The maximum atomic E-state index is 14.9. The first kappa shape index (κ1) is 22.6. The van der Waals surface area contributed by atoms with Gasteiger partial charge in [-0.1, -0.05) is 19.9 Å². The topological polar surface area (TPSA) is 64.5 Å². The number of hydrogen-bond acceptors (Lipinski definition) is 4. The highest BCUT2D eigenvalue weighted by Gasteiger charge is 2.31. The Morgan fingerprint density at radius 3 is 2.62 bits per heavy atom. The van der Waals surface area contributed by atoms with Crippen molar-refractivity contribution >= 4 is 23.2 Å². The highest BCUT2D eigenvalue weighted by Crippen LogP contribution is 2.31. The number of carbonyl (C=O) groups is 2. The number of rotatable bonds is 8. The van der Waals surface area contributed by atoms with Crippen molar-refractivity contribution in [3.8, 4) is 0 Å². The van der Waals surface area contributed by atoms with Crippen LogP contribution in [0.1, 0.15) is 63.9 Å². The van der Waals surface area contributed by atoms with Crippen molar-refractivity contribution < 1.29 is 18.6 Å². The van der Waals surface area contributed by atoms with E-state index in [4.69, 9.17) is 0 Å². The zero-order valence-electron chi connectivity index (χ0n) is 19.1. The number of imide groups is 1. The van der Waals surface area contributed by atoms with Crippen LogP contribution in [0.25, 0.3) is 0 Å². The molecule has 2 fully saturated rings. The molecule has 3 aliphatic rings. The summed E-state index contributed by atoms with van der Waals surface area (Å²) in [6, 6.07) is 4.68. The molecule has 0 radical (unpaired) electrons. The van der Waals surface area contributed by atoms with Gasteiger partial charge >= 0.3 is 0 Å². The van der Waals surface area contributed by atoms with Crippen molar-refractivity contribution in [3.05, 3.63) is 41.4 Å². The predicted molar refractivity (Wildman–Crippen MR) is 123 cm³/mol. The van der Waals surface area contributed by atoms with E-state index in [1.165, 1.54) is 17.5 Å². The maximum Gasteiger partial charge on any atom is 0.249 e. The van der Waals surface area contributed by atoms with Crippen LogP contribution in [0.5, 0.6) is 0 Å². The first-order valence-corrected chi connectivity index (χ1v) is 11.9. The van der Waals surface area contributed by atoms with Gasteiger partial charge in [0.15, 0.2) is 5.70 Å². The van der Waals surface area contributed by atoms with E-state index in [1.54, 1.807) is 0 Å². The molecule has 4 rings (SSSR count). The lowest BCUT2D eigenvalue weighted by Crippen LogP contribution is -2.47. The van der Waals surface area contributed by atoms with Crippen LogP contribution in [0.3, 0.4) is 0 Å². The second kappa shape index (κ2) is 9.94. The Morgan fingerprint density at radius 1 is 1.19 bits per heavy atom. The molecule has 7 heteroatoms. The van der Waals surface area contributed by atoms with Gasteiger partial charge in [0.05, 0.1) is 12.6 Å². The number of hydrogen-bond donors (Lipinski definition) is 2.